The highest BCUT2D eigenvalue weighted by Gasteiger charge is 2.25. The normalized spacial score (nSPS) is 15.2. The van der Waals surface area contributed by atoms with Gasteiger partial charge in [-0.25, -0.2) is 0 Å². The molecule has 1 heterocycles. The van der Waals surface area contributed by atoms with Crippen LogP contribution in [-0.4, -0.2) is 40.2 Å². The highest BCUT2D eigenvalue weighted by atomic mass is 32.1. The molecule has 3 rings (SSSR count). The molecule has 2 aromatic rings. The van der Waals surface area contributed by atoms with Crippen LogP contribution in [0.1, 0.15) is 94.1 Å². The van der Waals surface area contributed by atoms with Gasteiger partial charge in [0.1, 0.15) is 5.75 Å². The first-order valence-corrected chi connectivity index (χ1v) is 17.5. The van der Waals surface area contributed by atoms with Crippen LogP contribution < -0.4 is 0 Å². The van der Waals surface area contributed by atoms with Crippen LogP contribution in [-0.2, 0) is 24.1 Å². The molecule has 1 aliphatic rings. The molecule has 240 valence electrons. The average Bonchev–Trinajstić information content (AvgIpc) is 3.55. The van der Waals surface area contributed by atoms with Gasteiger partial charge in [-0.3, -0.25) is 9.69 Å². The minimum Gasteiger partial charge on any atom is -0.508 e. The molecule has 0 saturated carbocycles. The van der Waals surface area contributed by atoms with E-state index in [1.54, 1.807) is 0 Å². The predicted octanol–water partition coefficient (Wildman–Crippen LogP) is 10.3. The zero-order chi connectivity index (χ0) is 31.7. The van der Waals surface area contributed by atoms with Crippen molar-refractivity contribution in [2.75, 3.05) is 13.1 Å². The number of nitrogens with zero attached hydrogens (tertiary/aromatic N) is 1. The summed E-state index contributed by atoms with van der Waals surface area (Å²) in [6, 6.07) is 11.0. The fourth-order valence-electron chi connectivity index (χ4n) is 5.29. The number of phenolic OH excluding ortho intramolecular Hbond substituents is 1. The molecule has 1 aliphatic carbocycles. The molecule has 2 N–H and O–H groups in total. The Labute approximate surface area is 271 Å². The van der Waals surface area contributed by atoms with Crippen LogP contribution in [0, 0.1) is 0 Å². The Morgan fingerprint density at radius 1 is 0.886 bits per heavy atom. The molecule has 4 nitrogen and oxygen atoms in total. The standard InChI is InChI=1S/C20H30O2.C19H25NOS/c1-2-3-4-5-6-7-8-9-10-11-12-13-14-15-16-17-18-19-20(21)22;1-2-11-20(12-10-17-6-4-13-22-17)16-8-9-18-15(14-16)5-3-7-19(18)21/h3-4,6-7,9-10,12-13,15-16H,2,5,8,11,14,17-19H2,1H3,(H,21,22);3-7,13,16,21H,2,8-12,14H2,1H3/b4-3-,7-6-,10-9-,13-12-,16-15-;/t;16-/m.0/s1. The van der Waals surface area contributed by atoms with Crippen LogP contribution in [0.4, 0.5) is 0 Å². The number of benzene rings is 1. The molecule has 44 heavy (non-hydrogen) atoms. The summed E-state index contributed by atoms with van der Waals surface area (Å²) in [7, 11) is 0. The number of aromatic hydroxyl groups is 1. The number of carboxylic acids is 1. The number of thiophene rings is 1. The van der Waals surface area contributed by atoms with Crippen molar-refractivity contribution in [2.24, 2.45) is 0 Å². The fourth-order valence-corrected chi connectivity index (χ4v) is 5.99. The van der Waals surface area contributed by atoms with E-state index in [0.717, 1.165) is 77.2 Å². The first-order chi connectivity index (χ1) is 21.5. The largest absolute Gasteiger partial charge is 0.508 e. The second kappa shape index (κ2) is 24.2. The Kier molecular flexibility index (Phi) is 20.4. The molecule has 0 bridgehead atoms. The number of carboxylic acid groups (broad SMARTS) is 1. The highest BCUT2D eigenvalue weighted by molar-refractivity contribution is 7.09. The van der Waals surface area contributed by atoms with Gasteiger partial charge >= 0.3 is 5.97 Å². The Morgan fingerprint density at radius 2 is 1.55 bits per heavy atom. The van der Waals surface area contributed by atoms with Crippen LogP contribution in [0.15, 0.2) is 96.5 Å². The molecule has 0 radical (unpaired) electrons. The van der Waals surface area contributed by atoms with E-state index in [-0.39, 0.29) is 6.42 Å². The van der Waals surface area contributed by atoms with Crippen LogP contribution in [0.3, 0.4) is 0 Å². The summed E-state index contributed by atoms with van der Waals surface area (Å²) in [6.07, 6.45) is 34.0. The van der Waals surface area contributed by atoms with Crippen LogP contribution >= 0.6 is 11.3 Å². The third-order valence-corrected chi connectivity index (χ3v) is 8.54. The molecular formula is C39H55NO3S. The van der Waals surface area contributed by atoms with Crippen molar-refractivity contribution in [3.05, 3.63) is 112 Å². The second-order valence-electron chi connectivity index (χ2n) is 11.2. The molecule has 1 aromatic carbocycles. The number of fused-ring (bicyclic) bond motifs is 1. The lowest BCUT2D eigenvalue weighted by molar-refractivity contribution is -0.137. The van der Waals surface area contributed by atoms with Gasteiger partial charge in [-0.2, -0.15) is 0 Å². The van der Waals surface area contributed by atoms with Crippen molar-refractivity contribution in [1.29, 1.82) is 0 Å². The molecule has 1 aromatic heterocycles. The molecule has 0 unspecified atom stereocenters. The molecule has 0 spiro atoms. The number of hydrogen-bond donors (Lipinski definition) is 2. The van der Waals surface area contributed by atoms with Gasteiger partial charge in [0.25, 0.3) is 0 Å². The zero-order valence-electron chi connectivity index (χ0n) is 27.1. The van der Waals surface area contributed by atoms with E-state index in [1.807, 2.05) is 23.5 Å². The maximum Gasteiger partial charge on any atom is 0.303 e. The quantitative estimate of drug-likeness (QED) is 0.122. The van der Waals surface area contributed by atoms with E-state index in [0.29, 0.717) is 11.8 Å². The Hall–Kier alpha value is -3.15. The molecule has 5 heteroatoms. The fraction of sp³-hybridized carbons (Fsp3) is 0.462. The Morgan fingerprint density at radius 3 is 2.14 bits per heavy atom. The van der Waals surface area contributed by atoms with Gasteiger partial charge in [0, 0.05) is 23.9 Å². The minimum atomic E-state index is -0.715. The predicted molar refractivity (Wildman–Crippen MR) is 190 cm³/mol. The van der Waals surface area contributed by atoms with Crippen molar-refractivity contribution in [3.63, 3.8) is 0 Å². The number of unbranched alkanes of at least 4 members (excludes halogenated alkanes) is 1. The number of carbonyl (C=O) groups is 1. The van der Waals surface area contributed by atoms with Crippen LogP contribution in [0.5, 0.6) is 5.75 Å². The topological polar surface area (TPSA) is 60.8 Å². The first kappa shape index (κ1) is 37.0. The molecule has 0 aliphatic heterocycles. The van der Waals surface area contributed by atoms with E-state index < -0.39 is 5.97 Å². The summed E-state index contributed by atoms with van der Waals surface area (Å²) >= 11 is 1.86. The molecule has 0 amide bonds. The summed E-state index contributed by atoms with van der Waals surface area (Å²) in [5.41, 5.74) is 2.52. The number of aliphatic carboxylic acids is 1. The molecule has 0 saturated heterocycles. The lowest BCUT2D eigenvalue weighted by Gasteiger charge is -2.35. The van der Waals surface area contributed by atoms with Gasteiger partial charge in [0.05, 0.1) is 0 Å². The monoisotopic (exact) mass is 617 g/mol. The highest BCUT2D eigenvalue weighted by Crippen LogP contribution is 2.31. The van der Waals surface area contributed by atoms with Crippen molar-refractivity contribution in [1.82, 2.24) is 4.90 Å². The van der Waals surface area contributed by atoms with Crippen molar-refractivity contribution in [3.8, 4) is 5.75 Å². The van der Waals surface area contributed by atoms with Gasteiger partial charge in [-0.05, 0) is 112 Å². The van der Waals surface area contributed by atoms with Gasteiger partial charge in [0.15, 0.2) is 0 Å². The lowest BCUT2D eigenvalue weighted by Crippen LogP contribution is -2.41. The van der Waals surface area contributed by atoms with Gasteiger partial charge in [0.2, 0.25) is 0 Å². The molecule has 0 fully saturated rings. The number of allylic oxidation sites excluding steroid dienone is 10. The maximum absolute atomic E-state index is 10.3. The second-order valence-corrected chi connectivity index (χ2v) is 12.2. The van der Waals surface area contributed by atoms with Gasteiger partial charge < -0.3 is 10.2 Å². The summed E-state index contributed by atoms with van der Waals surface area (Å²) in [4.78, 5) is 14.5. The minimum absolute atomic E-state index is 0.258. The number of hydrogen-bond acceptors (Lipinski definition) is 4. The first-order valence-electron chi connectivity index (χ1n) is 16.6. The average molecular weight is 618 g/mol. The van der Waals surface area contributed by atoms with Crippen molar-refractivity contribution in [2.45, 2.75) is 103 Å². The van der Waals surface area contributed by atoms with E-state index in [9.17, 15) is 9.90 Å². The third-order valence-electron chi connectivity index (χ3n) is 7.60. The lowest BCUT2D eigenvalue weighted by atomic mass is 9.86. The van der Waals surface area contributed by atoms with E-state index in [2.05, 4.69) is 103 Å². The maximum atomic E-state index is 10.3. The number of phenols is 1. The smallest absolute Gasteiger partial charge is 0.303 e. The summed E-state index contributed by atoms with van der Waals surface area (Å²) in [6.45, 7) is 6.73. The number of rotatable bonds is 19. The Bertz CT molecular complexity index is 1180. The van der Waals surface area contributed by atoms with Crippen molar-refractivity contribution < 1.29 is 15.0 Å². The summed E-state index contributed by atoms with van der Waals surface area (Å²) in [5, 5.41) is 20.7. The van der Waals surface area contributed by atoms with Crippen molar-refractivity contribution >= 4 is 17.3 Å². The van der Waals surface area contributed by atoms with Gasteiger partial charge in [-0.15, -0.1) is 11.3 Å². The zero-order valence-corrected chi connectivity index (χ0v) is 27.9. The van der Waals surface area contributed by atoms with E-state index in [4.69, 9.17) is 5.11 Å². The summed E-state index contributed by atoms with van der Waals surface area (Å²) in [5.74, 6) is -0.232. The van der Waals surface area contributed by atoms with Crippen LogP contribution in [0.25, 0.3) is 0 Å². The molecule has 1 atom stereocenters. The SMILES string of the molecule is CC/C=C\C/C=C\C/C=C\C/C=C\C/C=C\CCCC(=O)O.CCCN(CCc1cccs1)[C@H]1CCc2c(O)cccc2C1. The van der Waals surface area contributed by atoms with E-state index in [1.165, 1.54) is 29.0 Å². The van der Waals surface area contributed by atoms with E-state index >= 15 is 0 Å². The van der Waals surface area contributed by atoms with Crippen LogP contribution in [0.2, 0.25) is 0 Å². The third kappa shape index (κ3) is 16.6. The van der Waals surface area contributed by atoms with Gasteiger partial charge in [-0.1, -0.05) is 92.8 Å². The molecular weight excluding hydrogens is 563 g/mol. The Balaban J connectivity index is 0.000000307. The summed E-state index contributed by atoms with van der Waals surface area (Å²) < 4.78 is 0.